The Morgan fingerprint density at radius 2 is 1.76 bits per heavy atom. The van der Waals surface area contributed by atoms with Crippen LogP contribution in [0, 0.1) is 0 Å². The minimum Gasteiger partial charge on any atom is -0.449 e. The van der Waals surface area contributed by atoms with Gasteiger partial charge in [-0.1, -0.05) is 12.1 Å². The fraction of sp³-hybridized carbons (Fsp3) is 0.250. The third-order valence-electron chi connectivity index (χ3n) is 5.17. The molecule has 0 spiro atoms. The van der Waals surface area contributed by atoms with E-state index in [0.717, 1.165) is 22.5 Å². The molecule has 2 aromatic carbocycles. The summed E-state index contributed by atoms with van der Waals surface area (Å²) in [4.78, 5) is 11.8. The van der Waals surface area contributed by atoms with Crippen LogP contribution >= 0.6 is 15.9 Å². The summed E-state index contributed by atoms with van der Waals surface area (Å²) in [6.07, 6.45) is -6.31. The maximum absolute atomic E-state index is 13.3. The van der Waals surface area contributed by atoms with Crippen molar-refractivity contribution in [2.24, 2.45) is 0 Å². The van der Waals surface area contributed by atoms with Gasteiger partial charge in [0.15, 0.2) is 0 Å². The smallest absolute Gasteiger partial charge is 0.449 e. The molecule has 0 amide bonds. The number of carbonyl (C=O) groups is 1. The van der Waals surface area contributed by atoms with E-state index >= 15 is 0 Å². The van der Waals surface area contributed by atoms with Crippen LogP contribution in [0.4, 0.5) is 23.7 Å². The first-order valence-electron chi connectivity index (χ1n) is 9.52. The summed E-state index contributed by atoms with van der Waals surface area (Å²) >= 11 is 3.46. The van der Waals surface area contributed by atoms with Crippen LogP contribution in [0.25, 0.3) is 11.0 Å². The lowest BCUT2D eigenvalue weighted by Crippen LogP contribution is -2.49. The Bertz CT molecular complexity index is 1320. The number of sulfonamides is 1. The van der Waals surface area contributed by atoms with E-state index in [0.29, 0.717) is 21.1 Å². The van der Waals surface area contributed by atoms with Crippen LogP contribution < -0.4 is 9.64 Å². The molecule has 13 heteroatoms. The van der Waals surface area contributed by atoms with Crippen LogP contribution in [0.3, 0.4) is 0 Å². The van der Waals surface area contributed by atoms with Gasteiger partial charge in [-0.2, -0.15) is 17.5 Å². The summed E-state index contributed by atoms with van der Waals surface area (Å²) in [5.74, 6) is -0.199. The summed E-state index contributed by atoms with van der Waals surface area (Å²) in [6, 6.07) is 8.86. The number of piperazine rings is 1. The van der Waals surface area contributed by atoms with Gasteiger partial charge in [0.1, 0.15) is 5.58 Å². The molecule has 4 rings (SSSR count). The van der Waals surface area contributed by atoms with Gasteiger partial charge >= 0.3 is 12.3 Å². The van der Waals surface area contributed by atoms with Gasteiger partial charge in [-0.15, -0.1) is 0 Å². The number of benzene rings is 2. The van der Waals surface area contributed by atoms with Gasteiger partial charge in [-0.25, -0.2) is 13.2 Å². The molecule has 0 atom stereocenters. The Labute approximate surface area is 194 Å². The number of anilines is 1. The average Bonchev–Trinajstić information content (AvgIpc) is 3.16. The van der Waals surface area contributed by atoms with Crippen molar-refractivity contribution in [3.05, 3.63) is 52.5 Å². The molecule has 3 aromatic rings. The van der Waals surface area contributed by atoms with Gasteiger partial charge in [0.05, 0.1) is 20.6 Å². The van der Waals surface area contributed by atoms with E-state index in [4.69, 9.17) is 9.52 Å². The lowest BCUT2D eigenvalue weighted by Gasteiger charge is -2.36. The minimum atomic E-state index is -4.79. The lowest BCUT2D eigenvalue weighted by molar-refractivity contribution is -0.139. The maximum atomic E-state index is 13.3. The number of hydrogen-bond acceptors (Lipinski definition) is 6. The number of furan rings is 1. The second-order valence-electron chi connectivity index (χ2n) is 7.13. The zero-order valence-corrected chi connectivity index (χ0v) is 19.1. The molecule has 1 aromatic heterocycles. The highest BCUT2D eigenvalue weighted by atomic mass is 79.9. The van der Waals surface area contributed by atoms with Crippen LogP contribution in [-0.4, -0.2) is 50.2 Å². The highest BCUT2D eigenvalue weighted by Gasteiger charge is 2.39. The Morgan fingerprint density at radius 1 is 1.09 bits per heavy atom. The summed E-state index contributed by atoms with van der Waals surface area (Å²) < 4.78 is 77.4. The maximum Gasteiger partial charge on any atom is 0.513 e. The molecule has 1 aliphatic rings. The highest BCUT2D eigenvalue weighted by molar-refractivity contribution is 9.10. The number of carboxylic acid groups (broad SMARTS) is 1. The van der Waals surface area contributed by atoms with Crippen molar-refractivity contribution < 1.29 is 40.6 Å². The summed E-state index contributed by atoms with van der Waals surface area (Å²) in [5, 5.41) is 9.29. The average molecular weight is 549 g/mol. The molecule has 0 aliphatic carbocycles. The van der Waals surface area contributed by atoms with Crippen LogP contribution in [0.1, 0.15) is 5.56 Å². The zero-order valence-electron chi connectivity index (χ0n) is 16.7. The van der Waals surface area contributed by atoms with Crippen molar-refractivity contribution in [3.63, 3.8) is 0 Å². The normalized spacial score (nSPS) is 15.7. The fourth-order valence-electron chi connectivity index (χ4n) is 3.66. The zero-order chi connectivity index (χ0) is 24.0. The van der Waals surface area contributed by atoms with E-state index in [9.17, 15) is 26.4 Å². The monoisotopic (exact) mass is 548 g/mol. The quantitative estimate of drug-likeness (QED) is 0.468. The van der Waals surface area contributed by atoms with Crippen molar-refractivity contribution in [1.82, 2.24) is 4.31 Å². The summed E-state index contributed by atoms with van der Waals surface area (Å²) in [7, 11) is -4.35. The van der Waals surface area contributed by atoms with Crippen LogP contribution in [0.2, 0.25) is 0 Å². The van der Waals surface area contributed by atoms with E-state index < -0.39 is 32.8 Å². The largest absolute Gasteiger partial charge is 0.513 e. The van der Waals surface area contributed by atoms with Crippen molar-refractivity contribution in [3.8, 4) is 5.95 Å². The third-order valence-corrected chi connectivity index (χ3v) is 7.96. The predicted molar refractivity (Wildman–Crippen MR) is 115 cm³/mol. The van der Waals surface area contributed by atoms with Gasteiger partial charge in [0.25, 0.3) is 5.95 Å². The number of rotatable bonds is 4. The molecule has 176 valence electrons. The highest BCUT2D eigenvalue weighted by Crippen LogP contribution is 2.39. The molecule has 2 heterocycles. The first-order valence-corrected chi connectivity index (χ1v) is 11.8. The number of fused-ring (bicyclic) bond motifs is 1. The number of nitrogens with zero attached hydrogens (tertiary/aromatic N) is 2. The van der Waals surface area contributed by atoms with Crippen molar-refractivity contribution >= 4 is 48.8 Å². The van der Waals surface area contributed by atoms with Crippen molar-refractivity contribution in [1.29, 1.82) is 0 Å². The molecule has 1 aliphatic heterocycles. The second-order valence-corrected chi connectivity index (χ2v) is 9.83. The Kier molecular flexibility index (Phi) is 6.05. The van der Waals surface area contributed by atoms with Gasteiger partial charge in [0.2, 0.25) is 10.0 Å². The molecular weight excluding hydrogens is 533 g/mol. The van der Waals surface area contributed by atoms with Crippen LogP contribution in [0.15, 0.2) is 56.2 Å². The topological polar surface area (TPSA) is 100 Å². The standard InChI is InChI=1S/C20H16BrF3N2O6S/c21-18-12-11-17(32-19(27)28)31-15(12)6-5-14(18)25-7-9-26(10-8-25)33(29,30)16-4-2-1-3-13(16)20(22,23)24/h1-6,11H,7-10H2,(H,27,28). The van der Waals surface area contributed by atoms with Crippen LogP contribution in [0.5, 0.6) is 5.95 Å². The van der Waals surface area contributed by atoms with Crippen molar-refractivity contribution in [2.45, 2.75) is 11.1 Å². The molecule has 1 N–H and O–H groups in total. The number of halogens is 4. The lowest BCUT2D eigenvalue weighted by atomic mass is 10.2. The number of alkyl halides is 3. The SMILES string of the molecule is O=C(O)Oc1cc2c(Br)c(N3CCN(S(=O)(=O)c4ccccc4C(F)(F)F)CC3)ccc2o1. The summed E-state index contributed by atoms with van der Waals surface area (Å²) in [6.45, 7) is 0.428. The second kappa shape index (κ2) is 8.54. The molecule has 0 radical (unpaired) electrons. The van der Waals surface area contributed by atoms with E-state index in [1.807, 2.05) is 4.90 Å². The summed E-state index contributed by atoms with van der Waals surface area (Å²) in [5.41, 5.74) is -0.121. The first kappa shape index (κ1) is 23.4. The fourth-order valence-corrected chi connectivity index (χ4v) is 5.98. The van der Waals surface area contributed by atoms with Gasteiger partial charge < -0.3 is 19.2 Å². The van der Waals surface area contributed by atoms with E-state index in [1.54, 1.807) is 12.1 Å². The van der Waals surface area contributed by atoms with Crippen molar-refractivity contribution in [2.75, 3.05) is 31.1 Å². The molecule has 0 unspecified atom stereocenters. The van der Waals surface area contributed by atoms with Crippen LogP contribution in [-0.2, 0) is 16.2 Å². The molecule has 1 saturated heterocycles. The van der Waals surface area contributed by atoms with Gasteiger partial charge in [0, 0.05) is 37.6 Å². The molecule has 8 nitrogen and oxygen atoms in total. The molecular formula is C20H16BrF3N2O6S. The Morgan fingerprint density at radius 3 is 2.39 bits per heavy atom. The Hall–Kier alpha value is -2.77. The van der Waals surface area contributed by atoms with E-state index in [-0.39, 0.29) is 32.1 Å². The number of ether oxygens (including phenoxy) is 1. The Balaban J connectivity index is 1.55. The molecule has 0 bridgehead atoms. The van der Waals surface area contributed by atoms with Gasteiger partial charge in [-0.3, -0.25) is 0 Å². The predicted octanol–water partition coefficient (Wildman–Crippen LogP) is 4.78. The van der Waals surface area contributed by atoms with E-state index in [2.05, 4.69) is 20.7 Å². The minimum absolute atomic E-state index is 0.0161. The third kappa shape index (κ3) is 4.52. The first-order chi connectivity index (χ1) is 15.5. The molecule has 33 heavy (non-hydrogen) atoms. The van der Waals surface area contributed by atoms with Gasteiger partial charge in [-0.05, 0) is 40.2 Å². The molecule has 1 fully saturated rings. The molecule has 0 saturated carbocycles. The number of hydrogen-bond donors (Lipinski definition) is 1. The van der Waals surface area contributed by atoms with E-state index in [1.165, 1.54) is 12.1 Å².